The summed E-state index contributed by atoms with van der Waals surface area (Å²) >= 11 is 0.857. The summed E-state index contributed by atoms with van der Waals surface area (Å²) in [5, 5.41) is 0. The summed E-state index contributed by atoms with van der Waals surface area (Å²) in [6, 6.07) is 13.0. The van der Waals surface area contributed by atoms with Crippen LogP contribution in [-0.2, 0) is 35.2 Å². The maximum absolute atomic E-state index is 14.0. The molecule has 0 aliphatic carbocycles. The van der Waals surface area contributed by atoms with Crippen LogP contribution in [-0.4, -0.2) is 37.8 Å². The number of thioether (sulfide) groups is 1. The Morgan fingerprint density at radius 3 is 2.57 bits per heavy atom. The lowest BCUT2D eigenvalue weighted by molar-refractivity contribution is -0.141. The molecule has 0 aromatic heterocycles. The zero-order chi connectivity index (χ0) is 21.9. The zero-order valence-corrected chi connectivity index (χ0v) is 17.3. The Hall–Kier alpha value is -3.13. The van der Waals surface area contributed by atoms with E-state index in [4.69, 9.17) is 9.47 Å². The van der Waals surface area contributed by atoms with Crippen LogP contribution >= 0.6 is 11.8 Å². The van der Waals surface area contributed by atoms with E-state index in [2.05, 4.69) is 6.58 Å². The smallest absolute Gasteiger partial charge is 0.335 e. The Kier molecular flexibility index (Phi) is 6.26. The van der Waals surface area contributed by atoms with E-state index in [1.54, 1.807) is 0 Å². The van der Waals surface area contributed by atoms with Crippen molar-refractivity contribution < 1.29 is 28.2 Å². The Bertz CT molecular complexity index is 1010. The van der Waals surface area contributed by atoms with Crippen molar-refractivity contribution in [3.05, 3.63) is 77.6 Å². The maximum Gasteiger partial charge on any atom is 0.335 e. The number of rotatable bonds is 7. The van der Waals surface area contributed by atoms with Gasteiger partial charge in [0.1, 0.15) is 12.4 Å². The van der Waals surface area contributed by atoms with Crippen molar-refractivity contribution in [1.82, 2.24) is 0 Å². The number of halogens is 1. The van der Waals surface area contributed by atoms with E-state index in [1.807, 2.05) is 30.3 Å². The number of hydrogen-bond acceptors (Lipinski definition) is 6. The fraction of sp³-hybridized carbons (Fsp3) is 0.227. The van der Waals surface area contributed by atoms with Gasteiger partial charge in [-0.25, -0.2) is 9.18 Å². The lowest BCUT2D eigenvalue weighted by Crippen LogP contribution is -2.40. The number of methoxy groups -OCH3 is 1. The normalized spacial score (nSPS) is 17.4. The number of likely N-dealkylation sites (N-methyl/N-ethyl adjacent to an activating group) is 1. The van der Waals surface area contributed by atoms with Crippen LogP contribution in [0.5, 0.6) is 0 Å². The van der Waals surface area contributed by atoms with Crippen LogP contribution in [0, 0.1) is 5.82 Å². The quantitative estimate of drug-likeness (QED) is 0.497. The topological polar surface area (TPSA) is 72.9 Å². The highest BCUT2D eigenvalue weighted by Gasteiger charge is 2.55. The molecule has 3 rings (SSSR count). The fourth-order valence-corrected chi connectivity index (χ4v) is 4.53. The number of carbonyl (C=O) groups is 3. The van der Waals surface area contributed by atoms with Crippen molar-refractivity contribution in [2.45, 2.75) is 11.4 Å². The summed E-state index contributed by atoms with van der Waals surface area (Å²) in [6.45, 7) is 3.82. The molecule has 2 aromatic rings. The predicted octanol–water partition coefficient (Wildman–Crippen LogP) is 3.20. The number of fused-ring (bicyclic) bond motifs is 1. The monoisotopic (exact) mass is 429 g/mol. The van der Waals surface area contributed by atoms with Gasteiger partial charge in [0.05, 0.1) is 18.4 Å². The van der Waals surface area contributed by atoms with Crippen LogP contribution in [0.3, 0.4) is 0 Å². The maximum atomic E-state index is 14.0. The minimum absolute atomic E-state index is 0.0737. The van der Waals surface area contributed by atoms with E-state index in [0.29, 0.717) is 5.69 Å². The third kappa shape index (κ3) is 3.82. The molecule has 1 aliphatic rings. The molecule has 1 aliphatic heterocycles. The van der Waals surface area contributed by atoms with Crippen LogP contribution in [0.25, 0.3) is 0 Å². The number of carbonyl (C=O) groups excluding carboxylic acids is 3. The molecule has 6 nitrogen and oxygen atoms in total. The van der Waals surface area contributed by atoms with Gasteiger partial charge in [-0.2, -0.15) is 0 Å². The van der Waals surface area contributed by atoms with Crippen molar-refractivity contribution in [1.29, 1.82) is 0 Å². The number of nitrogens with zero attached hydrogens (tertiary/aromatic N) is 1. The van der Waals surface area contributed by atoms with E-state index >= 15 is 0 Å². The molecule has 1 amide bonds. The molecule has 0 N–H and O–H groups in total. The second kappa shape index (κ2) is 8.71. The van der Waals surface area contributed by atoms with Gasteiger partial charge < -0.3 is 14.4 Å². The first-order valence-electron chi connectivity index (χ1n) is 9.00. The molecule has 1 unspecified atom stereocenters. The van der Waals surface area contributed by atoms with Gasteiger partial charge in [0.25, 0.3) is 5.91 Å². The van der Waals surface area contributed by atoms with Gasteiger partial charge in [-0.1, -0.05) is 36.9 Å². The molecule has 0 radical (unpaired) electrons. The van der Waals surface area contributed by atoms with Gasteiger partial charge in [-0.3, -0.25) is 9.59 Å². The summed E-state index contributed by atoms with van der Waals surface area (Å²) < 4.78 is 22.4. The summed E-state index contributed by atoms with van der Waals surface area (Å²) in [7, 11) is 2.68. The molecule has 0 saturated carbocycles. The van der Waals surface area contributed by atoms with Crippen molar-refractivity contribution in [2.24, 2.45) is 0 Å². The Morgan fingerprint density at radius 2 is 1.90 bits per heavy atom. The largest absolute Gasteiger partial charge is 0.466 e. The van der Waals surface area contributed by atoms with Gasteiger partial charge in [0, 0.05) is 18.3 Å². The second-order valence-electron chi connectivity index (χ2n) is 6.61. The standard InChI is InChI=1S/C22H20FNO5S/c1-14(20(26)28-3)22(17-11-16(23)9-10-18(17)24(2)21(22)27)30-13-19(25)29-12-15-7-5-4-6-8-15/h4-11H,1,12-13H2,2-3H3. The predicted molar refractivity (Wildman–Crippen MR) is 111 cm³/mol. The lowest BCUT2D eigenvalue weighted by atomic mass is 9.92. The molecule has 156 valence electrons. The van der Waals surface area contributed by atoms with E-state index in [9.17, 15) is 18.8 Å². The summed E-state index contributed by atoms with van der Waals surface area (Å²) in [5.41, 5.74) is 1.29. The van der Waals surface area contributed by atoms with E-state index < -0.39 is 28.4 Å². The Labute approximate surface area is 177 Å². The SMILES string of the molecule is C=C(C(=O)OC)C1(SCC(=O)OCc2ccccc2)C(=O)N(C)c2ccc(F)cc21. The van der Waals surface area contributed by atoms with E-state index in [-0.39, 0.29) is 23.5 Å². The van der Waals surface area contributed by atoms with Gasteiger partial charge in [0.15, 0.2) is 4.75 Å². The van der Waals surface area contributed by atoms with Crippen LogP contribution in [0.1, 0.15) is 11.1 Å². The number of ether oxygens (including phenoxy) is 2. The molecule has 1 heterocycles. The molecule has 0 fully saturated rings. The number of amides is 1. The third-order valence-electron chi connectivity index (χ3n) is 4.81. The summed E-state index contributed by atoms with van der Waals surface area (Å²) in [5.74, 6) is -2.75. The minimum atomic E-state index is -1.69. The second-order valence-corrected chi connectivity index (χ2v) is 7.80. The van der Waals surface area contributed by atoms with Crippen molar-refractivity contribution in [3.8, 4) is 0 Å². The molecular weight excluding hydrogens is 409 g/mol. The highest BCUT2D eigenvalue weighted by atomic mass is 32.2. The van der Waals surface area contributed by atoms with Gasteiger partial charge >= 0.3 is 11.9 Å². The molecule has 1 atom stereocenters. The average molecular weight is 429 g/mol. The molecule has 0 bridgehead atoms. The zero-order valence-electron chi connectivity index (χ0n) is 16.5. The molecule has 30 heavy (non-hydrogen) atoms. The number of esters is 2. The minimum Gasteiger partial charge on any atom is -0.466 e. The average Bonchev–Trinajstić information content (AvgIpc) is 2.97. The van der Waals surface area contributed by atoms with Crippen LogP contribution in [0.15, 0.2) is 60.7 Å². The molecule has 0 saturated heterocycles. The molecule has 0 spiro atoms. The first kappa shape index (κ1) is 21.6. The summed E-state index contributed by atoms with van der Waals surface area (Å²) in [6.07, 6.45) is 0. The van der Waals surface area contributed by atoms with Crippen molar-refractivity contribution >= 4 is 35.3 Å². The van der Waals surface area contributed by atoms with Gasteiger partial charge in [0.2, 0.25) is 0 Å². The van der Waals surface area contributed by atoms with Crippen molar-refractivity contribution in [3.63, 3.8) is 0 Å². The van der Waals surface area contributed by atoms with Gasteiger partial charge in [-0.15, -0.1) is 11.8 Å². The van der Waals surface area contributed by atoms with E-state index in [1.165, 1.54) is 30.1 Å². The molecule has 2 aromatic carbocycles. The lowest BCUT2D eigenvalue weighted by Gasteiger charge is -2.28. The van der Waals surface area contributed by atoms with Crippen LogP contribution in [0.4, 0.5) is 10.1 Å². The van der Waals surface area contributed by atoms with Crippen LogP contribution in [0.2, 0.25) is 0 Å². The van der Waals surface area contributed by atoms with Crippen molar-refractivity contribution in [2.75, 3.05) is 24.8 Å². The number of hydrogen-bond donors (Lipinski definition) is 0. The van der Waals surface area contributed by atoms with E-state index in [0.717, 1.165) is 24.4 Å². The molecular formula is C22H20FNO5S. The summed E-state index contributed by atoms with van der Waals surface area (Å²) in [4.78, 5) is 39.2. The number of benzene rings is 2. The highest BCUT2D eigenvalue weighted by Crippen LogP contribution is 2.52. The third-order valence-corrected chi connectivity index (χ3v) is 6.26. The Morgan fingerprint density at radius 1 is 1.20 bits per heavy atom. The first-order chi connectivity index (χ1) is 14.3. The molecule has 8 heteroatoms. The first-order valence-corrected chi connectivity index (χ1v) is 9.99. The Balaban J connectivity index is 1.88. The number of anilines is 1. The fourth-order valence-electron chi connectivity index (χ4n) is 3.28. The van der Waals surface area contributed by atoms with Crippen LogP contribution < -0.4 is 4.90 Å². The van der Waals surface area contributed by atoms with Gasteiger partial charge in [-0.05, 0) is 23.8 Å². The highest BCUT2D eigenvalue weighted by molar-refractivity contribution is 8.01.